The first-order chi connectivity index (χ1) is 10.5. The Hall–Kier alpha value is -1.93. The number of rotatable bonds is 6. The number of pyridine rings is 1. The van der Waals surface area contributed by atoms with E-state index in [4.69, 9.17) is 4.74 Å². The molecule has 22 heavy (non-hydrogen) atoms. The third-order valence-electron chi connectivity index (χ3n) is 4.05. The predicted octanol–water partition coefficient (Wildman–Crippen LogP) is 2.11. The summed E-state index contributed by atoms with van der Waals surface area (Å²) < 4.78 is 5.03. The smallest absolute Gasteiger partial charge is 0.223 e. The molecule has 5 heteroatoms. The van der Waals surface area contributed by atoms with Crippen molar-refractivity contribution in [3.05, 3.63) is 29.1 Å². The molecule has 1 aliphatic heterocycles. The fraction of sp³-hybridized carbons (Fsp3) is 0.588. The molecule has 1 amide bonds. The van der Waals surface area contributed by atoms with Crippen molar-refractivity contribution >= 4 is 5.91 Å². The highest BCUT2D eigenvalue weighted by Crippen LogP contribution is 2.24. The van der Waals surface area contributed by atoms with Crippen molar-refractivity contribution in [1.82, 2.24) is 9.88 Å². The lowest BCUT2D eigenvalue weighted by Gasteiger charge is -2.16. The molecule has 0 aliphatic carbocycles. The summed E-state index contributed by atoms with van der Waals surface area (Å²) in [6.45, 7) is 6.09. The van der Waals surface area contributed by atoms with Crippen molar-refractivity contribution < 1.29 is 9.53 Å². The Bertz CT molecular complexity index is 578. The summed E-state index contributed by atoms with van der Waals surface area (Å²) in [5.41, 5.74) is 2.43. The van der Waals surface area contributed by atoms with Crippen LogP contribution in [0.5, 0.6) is 0 Å². The van der Waals surface area contributed by atoms with Crippen LogP contribution in [0.2, 0.25) is 0 Å². The number of nitriles is 1. The lowest BCUT2D eigenvalue weighted by molar-refractivity contribution is -0.128. The second-order valence-electron chi connectivity index (χ2n) is 6.10. The quantitative estimate of drug-likeness (QED) is 0.807. The summed E-state index contributed by atoms with van der Waals surface area (Å²) in [6, 6.07) is 5.97. The number of ether oxygens (including phenoxy) is 1. The van der Waals surface area contributed by atoms with E-state index >= 15 is 0 Å². The van der Waals surface area contributed by atoms with Crippen molar-refractivity contribution in [2.75, 3.05) is 26.8 Å². The van der Waals surface area contributed by atoms with Gasteiger partial charge in [0.15, 0.2) is 0 Å². The molecular weight excluding hydrogens is 278 g/mol. The van der Waals surface area contributed by atoms with E-state index in [1.807, 2.05) is 17.0 Å². The first kappa shape index (κ1) is 16.4. The fourth-order valence-electron chi connectivity index (χ4n) is 2.78. The Morgan fingerprint density at radius 2 is 2.27 bits per heavy atom. The predicted molar refractivity (Wildman–Crippen MR) is 83.3 cm³/mol. The van der Waals surface area contributed by atoms with Gasteiger partial charge in [0, 0.05) is 32.3 Å². The molecule has 1 aliphatic rings. The van der Waals surface area contributed by atoms with E-state index in [9.17, 15) is 10.1 Å². The van der Waals surface area contributed by atoms with Crippen molar-refractivity contribution in [2.45, 2.75) is 32.6 Å². The number of likely N-dealkylation sites (tertiary alicyclic amines) is 1. The van der Waals surface area contributed by atoms with Crippen LogP contribution in [0.15, 0.2) is 12.1 Å². The molecule has 0 aromatic carbocycles. The largest absolute Gasteiger partial charge is 0.383 e. The first-order valence-electron chi connectivity index (χ1n) is 7.71. The summed E-state index contributed by atoms with van der Waals surface area (Å²) in [5, 5.41) is 9.26. The average Bonchev–Trinajstić information content (AvgIpc) is 2.84. The molecule has 1 saturated heterocycles. The number of carbonyl (C=O) groups is 1. The standard InChI is InChI=1S/C17H23N3O2/c1-12(2)15-5-4-14(10-18)16(19-15)8-13-9-17(21)20(11-13)6-7-22-3/h4-5,12-13H,6-9,11H2,1-3H3/t13-/m1/s1. The second-order valence-corrected chi connectivity index (χ2v) is 6.10. The molecule has 118 valence electrons. The zero-order chi connectivity index (χ0) is 16.1. The molecule has 0 N–H and O–H groups in total. The van der Waals surface area contributed by atoms with Crippen LogP contribution in [0, 0.1) is 17.2 Å². The fourth-order valence-corrected chi connectivity index (χ4v) is 2.78. The van der Waals surface area contributed by atoms with E-state index in [1.165, 1.54) is 0 Å². The summed E-state index contributed by atoms with van der Waals surface area (Å²) in [4.78, 5) is 18.5. The maximum absolute atomic E-state index is 12.0. The van der Waals surface area contributed by atoms with Gasteiger partial charge in [-0.1, -0.05) is 13.8 Å². The molecule has 1 aromatic rings. The SMILES string of the molecule is COCCN1C[C@H](Cc2nc(C(C)C)ccc2C#N)CC1=O. The third kappa shape index (κ3) is 3.83. The molecule has 2 heterocycles. The zero-order valence-electron chi connectivity index (χ0n) is 13.5. The Balaban J connectivity index is 2.09. The van der Waals surface area contributed by atoms with E-state index in [0.717, 1.165) is 17.9 Å². The van der Waals surface area contributed by atoms with Crippen LogP contribution < -0.4 is 0 Å². The molecule has 5 nitrogen and oxygen atoms in total. The van der Waals surface area contributed by atoms with Crippen LogP contribution in [-0.2, 0) is 16.0 Å². The molecule has 0 radical (unpaired) electrons. The molecule has 1 atom stereocenters. The number of carbonyl (C=O) groups excluding carboxylic acids is 1. The van der Waals surface area contributed by atoms with Gasteiger partial charge >= 0.3 is 0 Å². The molecule has 0 bridgehead atoms. The number of hydrogen-bond donors (Lipinski definition) is 0. The topological polar surface area (TPSA) is 66.2 Å². The minimum atomic E-state index is 0.167. The van der Waals surface area contributed by atoms with Crippen LogP contribution in [0.25, 0.3) is 0 Å². The van der Waals surface area contributed by atoms with Crippen LogP contribution >= 0.6 is 0 Å². The highest BCUT2D eigenvalue weighted by Gasteiger charge is 2.30. The van der Waals surface area contributed by atoms with Crippen molar-refractivity contribution in [3.8, 4) is 6.07 Å². The Kier molecular flexibility index (Phi) is 5.51. The maximum atomic E-state index is 12.0. The number of aromatic nitrogens is 1. The van der Waals surface area contributed by atoms with Gasteiger partial charge in [-0.05, 0) is 30.4 Å². The van der Waals surface area contributed by atoms with Crippen LogP contribution in [0.1, 0.15) is 43.1 Å². The van der Waals surface area contributed by atoms with Gasteiger partial charge in [-0.2, -0.15) is 5.26 Å². The lowest BCUT2D eigenvalue weighted by atomic mass is 9.98. The van der Waals surface area contributed by atoms with E-state index in [2.05, 4.69) is 24.9 Å². The third-order valence-corrected chi connectivity index (χ3v) is 4.05. The van der Waals surface area contributed by atoms with E-state index in [1.54, 1.807) is 7.11 Å². The number of hydrogen-bond acceptors (Lipinski definition) is 4. The Labute approximate surface area is 131 Å². The lowest BCUT2D eigenvalue weighted by Crippen LogP contribution is -2.29. The highest BCUT2D eigenvalue weighted by atomic mass is 16.5. The Morgan fingerprint density at radius 3 is 2.91 bits per heavy atom. The normalized spacial score (nSPS) is 18.0. The van der Waals surface area contributed by atoms with E-state index < -0.39 is 0 Å². The van der Waals surface area contributed by atoms with Gasteiger partial charge in [-0.15, -0.1) is 0 Å². The highest BCUT2D eigenvalue weighted by molar-refractivity contribution is 5.78. The zero-order valence-corrected chi connectivity index (χ0v) is 13.5. The number of methoxy groups -OCH3 is 1. The molecule has 1 fully saturated rings. The summed E-state index contributed by atoms with van der Waals surface area (Å²) in [7, 11) is 1.64. The van der Waals surface area contributed by atoms with Gasteiger partial charge in [0.2, 0.25) is 5.91 Å². The maximum Gasteiger partial charge on any atom is 0.223 e. The van der Waals surface area contributed by atoms with Gasteiger partial charge in [0.1, 0.15) is 6.07 Å². The van der Waals surface area contributed by atoms with Gasteiger partial charge in [0.05, 0.1) is 17.9 Å². The van der Waals surface area contributed by atoms with E-state index in [-0.39, 0.29) is 11.8 Å². The molecule has 0 spiro atoms. The average molecular weight is 301 g/mol. The summed E-state index contributed by atoms with van der Waals surface area (Å²) in [6.07, 6.45) is 1.21. The number of nitrogens with zero attached hydrogens (tertiary/aromatic N) is 3. The first-order valence-corrected chi connectivity index (χ1v) is 7.71. The van der Waals surface area contributed by atoms with Crippen LogP contribution in [0.3, 0.4) is 0 Å². The molecule has 1 aromatic heterocycles. The van der Waals surface area contributed by atoms with Gasteiger partial charge in [-0.25, -0.2) is 0 Å². The minimum Gasteiger partial charge on any atom is -0.383 e. The van der Waals surface area contributed by atoms with Crippen molar-refractivity contribution in [3.63, 3.8) is 0 Å². The number of amides is 1. The molecule has 2 rings (SSSR count). The van der Waals surface area contributed by atoms with Crippen LogP contribution in [-0.4, -0.2) is 42.6 Å². The van der Waals surface area contributed by atoms with E-state index in [0.29, 0.717) is 37.5 Å². The van der Waals surface area contributed by atoms with Crippen LogP contribution in [0.4, 0.5) is 0 Å². The van der Waals surface area contributed by atoms with Crippen molar-refractivity contribution in [2.24, 2.45) is 5.92 Å². The van der Waals surface area contributed by atoms with Gasteiger partial charge in [-0.3, -0.25) is 9.78 Å². The summed E-state index contributed by atoms with van der Waals surface area (Å²) >= 11 is 0. The monoisotopic (exact) mass is 301 g/mol. The Morgan fingerprint density at radius 1 is 1.50 bits per heavy atom. The van der Waals surface area contributed by atoms with Crippen molar-refractivity contribution in [1.29, 1.82) is 5.26 Å². The van der Waals surface area contributed by atoms with Gasteiger partial charge < -0.3 is 9.64 Å². The molecular formula is C17H23N3O2. The van der Waals surface area contributed by atoms with Gasteiger partial charge in [0.25, 0.3) is 0 Å². The molecule has 0 saturated carbocycles. The minimum absolute atomic E-state index is 0.167. The second kappa shape index (κ2) is 7.37. The summed E-state index contributed by atoms with van der Waals surface area (Å²) in [5.74, 6) is 0.724. The molecule has 0 unspecified atom stereocenters.